The van der Waals surface area contributed by atoms with Crippen LogP contribution in [0.5, 0.6) is 5.75 Å². The Morgan fingerprint density at radius 3 is 2.07 bits per heavy atom. The Labute approximate surface area is 84.0 Å². The molecule has 0 unspecified atom stereocenters. The predicted octanol–water partition coefficient (Wildman–Crippen LogP) is 3.47. The summed E-state index contributed by atoms with van der Waals surface area (Å²) >= 11 is 0. The summed E-state index contributed by atoms with van der Waals surface area (Å²) in [5.74, 6) is 0.381. The van der Waals surface area contributed by atoms with Crippen LogP contribution in [0.1, 0.15) is 16.7 Å². The van der Waals surface area contributed by atoms with Crippen molar-refractivity contribution in [3.8, 4) is 5.75 Å². The summed E-state index contributed by atoms with van der Waals surface area (Å²) in [7, 11) is 0. The van der Waals surface area contributed by atoms with Gasteiger partial charge in [-0.2, -0.15) is 0 Å². The van der Waals surface area contributed by atoms with Gasteiger partial charge in [0.25, 0.3) is 0 Å². The number of aromatic hydroxyl groups is 1. The van der Waals surface area contributed by atoms with Crippen LogP contribution < -0.4 is 0 Å². The highest BCUT2D eigenvalue weighted by molar-refractivity contribution is 5.91. The van der Waals surface area contributed by atoms with Gasteiger partial charge in [-0.3, -0.25) is 0 Å². The Morgan fingerprint density at radius 1 is 0.786 bits per heavy atom. The smallest absolute Gasteiger partial charge is 0.123 e. The van der Waals surface area contributed by atoms with E-state index >= 15 is 0 Å². The van der Waals surface area contributed by atoms with Gasteiger partial charge in [0.1, 0.15) is 5.75 Å². The Hall–Kier alpha value is -1.50. The maximum absolute atomic E-state index is 9.80. The van der Waals surface area contributed by atoms with Crippen LogP contribution in [0.25, 0.3) is 10.8 Å². The number of phenols is 1. The van der Waals surface area contributed by atoms with Crippen molar-refractivity contribution in [3.05, 3.63) is 41.0 Å². The molecule has 0 saturated carbocycles. The van der Waals surface area contributed by atoms with Gasteiger partial charge in [-0.1, -0.05) is 17.7 Å². The lowest BCUT2D eigenvalue weighted by atomic mass is 10.00. The van der Waals surface area contributed by atoms with Crippen LogP contribution in [0.4, 0.5) is 0 Å². The molecule has 2 rings (SSSR count). The molecule has 1 nitrogen and oxygen atoms in total. The van der Waals surface area contributed by atoms with Crippen molar-refractivity contribution < 1.29 is 5.11 Å². The second-order valence-electron chi connectivity index (χ2n) is 3.96. The third kappa shape index (κ3) is 1.35. The van der Waals surface area contributed by atoms with Crippen LogP contribution in [-0.2, 0) is 0 Å². The van der Waals surface area contributed by atoms with E-state index in [-0.39, 0.29) is 0 Å². The van der Waals surface area contributed by atoms with Crippen LogP contribution in [-0.4, -0.2) is 5.11 Å². The van der Waals surface area contributed by atoms with Crippen LogP contribution in [0.2, 0.25) is 0 Å². The molecule has 0 aliphatic carbocycles. The molecule has 2 aromatic carbocycles. The summed E-state index contributed by atoms with van der Waals surface area (Å²) in [5, 5.41) is 11.9. The lowest BCUT2D eigenvalue weighted by molar-refractivity contribution is 0.481. The molecule has 1 N–H and O–H groups in total. The standard InChI is InChI=1S/C13H14O/c1-8-4-10(3)11-5-9(2)7-13(14)12(11)6-8/h4-7,14H,1-3H3. The third-order valence-corrected chi connectivity index (χ3v) is 2.54. The maximum Gasteiger partial charge on any atom is 0.123 e. The number of hydrogen-bond donors (Lipinski definition) is 1. The van der Waals surface area contributed by atoms with Crippen LogP contribution in [0.3, 0.4) is 0 Å². The Balaban J connectivity index is 2.94. The van der Waals surface area contributed by atoms with Crippen molar-refractivity contribution in [1.29, 1.82) is 0 Å². The average molecular weight is 186 g/mol. The van der Waals surface area contributed by atoms with E-state index in [1.807, 2.05) is 19.9 Å². The topological polar surface area (TPSA) is 20.2 Å². The van der Waals surface area contributed by atoms with E-state index in [9.17, 15) is 5.11 Å². The molecule has 0 amide bonds. The first-order valence-corrected chi connectivity index (χ1v) is 4.78. The minimum atomic E-state index is 0.381. The fourth-order valence-electron chi connectivity index (χ4n) is 1.95. The first kappa shape index (κ1) is 9.07. The van der Waals surface area contributed by atoms with E-state index in [0.29, 0.717) is 5.75 Å². The fraction of sp³-hybridized carbons (Fsp3) is 0.231. The highest BCUT2D eigenvalue weighted by Gasteiger charge is 2.04. The van der Waals surface area contributed by atoms with Crippen molar-refractivity contribution in [2.75, 3.05) is 0 Å². The molecule has 0 saturated heterocycles. The number of hydrogen-bond acceptors (Lipinski definition) is 1. The molecule has 1 heteroatoms. The monoisotopic (exact) mass is 186 g/mol. The van der Waals surface area contributed by atoms with Crippen LogP contribution in [0, 0.1) is 20.8 Å². The first-order chi connectivity index (χ1) is 6.58. The van der Waals surface area contributed by atoms with Gasteiger partial charge in [0, 0.05) is 5.39 Å². The summed E-state index contributed by atoms with van der Waals surface area (Å²) in [4.78, 5) is 0. The van der Waals surface area contributed by atoms with Gasteiger partial charge in [-0.15, -0.1) is 0 Å². The van der Waals surface area contributed by atoms with E-state index in [1.54, 1.807) is 6.07 Å². The zero-order valence-electron chi connectivity index (χ0n) is 8.76. The fourth-order valence-corrected chi connectivity index (χ4v) is 1.95. The van der Waals surface area contributed by atoms with Crippen LogP contribution >= 0.6 is 0 Å². The van der Waals surface area contributed by atoms with Gasteiger partial charge >= 0.3 is 0 Å². The molecule has 0 radical (unpaired) electrons. The Bertz CT molecular complexity index is 451. The van der Waals surface area contributed by atoms with E-state index in [2.05, 4.69) is 19.1 Å². The number of phenolic OH excluding ortho intramolecular Hbond substituents is 1. The second-order valence-corrected chi connectivity index (χ2v) is 3.96. The number of benzene rings is 2. The Morgan fingerprint density at radius 2 is 1.36 bits per heavy atom. The SMILES string of the molecule is Cc1cc(O)c2cc(C)cc(C)c2c1. The molecule has 72 valence electrons. The molecular formula is C13H14O. The summed E-state index contributed by atoms with van der Waals surface area (Å²) in [5.41, 5.74) is 3.51. The van der Waals surface area contributed by atoms with Crippen molar-refractivity contribution in [1.82, 2.24) is 0 Å². The number of rotatable bonds is 0. The predicted molar refractivity (Wildman–Crippen MR) is 59.8 cm³/mol. The van der Waals surface area contributed by atoms with Crippen LogP contribution in [0.15, 0.2) is 24.3 Å². The zero-order valence-corrected chi connectivity index (χ0v) is 8.76. The molecule has 0 heterocycles. The van der Waals surface area contributed by atoms with E-state index in [4.69, 9.17) is 0 Å². The van der Waals surface area contributed by atoms with Gasteiger partial charge in [0.2, 0.25) is 0 Å². The molecule has 0 aliphatic rings. The minimum Gasteiger partial charge on any atom is -0.507 e. The largest absolute Gasteiger partial charge is 0.507 e. The quantitative estimate of drug-likeness (QED) is 0.668. The molecule has 14 heavy (non-hydrogen) atoms. The van der Waals surface area contributed by atoms with E-state index < -0.39 is 0 Å². The lowest BCUT2D eigenvalue weighted by Gasteiger charge is -2.07. The highest BCUT2D eigenvalue weighted by atomic mass is 16.3. The maximum atomic E-state index is 9.80. The molecule has 0 atom stereocenters. The summed E-state index contributed by atoms with van der Waals surface area (Å²) in [6, 6.07) is 8.09. The molecule has 0 spiro atoms. The minimum absolute atomic E-state index is 0.381. The number of aryl methyl sites for hydroxylation is 3. The number of fused-ring (bicyclic) bond motifs is 1. The molecule has 0 fully saturated rings. The van der Waals surface area contributed by atoms with Crippen molar-refractivity contribution in [2.24, 2.45) is 0 Å². The average Bonchev–Trinajstić information content (AvgIpc) is 2.07. The van der Waals surface area contributed by atoms with Crippen molar-refractivity contribution in [2.45, 2.75) is 20.8 Å². The molecule has 2 aromatic rings. The van der Waals surface area contributed by atoms with Gasteiger partial charge in [-0.05, 0) is 49.4 Å². The molecule has 0 aromatic heterocycles. The van der Waals surface area contributed by atoms with Gasteiger partial charge in [0.15, 0.2) is 0 Å². The summed E-state index contributed by atoms with van der Waals surface area (Å²) < 4.78 is 0. The molecule has 0 aliphatic heterocycles. The summed E-state index contributed by atoms with van der Waals surface area (Å²) in [6.07, 6.45) is 0. The second kappa shape index (κ2) is 3.02. The zero-order chi connectivity index (χ0) is 10.3. The van der Waals surface area contributed by atoms with E-state index in [0.717, 1.165) is 16.3 Å². The van der Waals surface area contributed by atoms with Gasteiger partial charge < -0.3 is 5.11 Å². The third-order valence-electron chi connectivity index (χ3n) is 2.54. The molecular weight excluding hydrogens is 172 g/mol. The highest BCUT2D eigenvalue weighted by Crippen LogP contribution is 2.29. The van der Waals surface area contributed by atoms with Gasteiger partial charge in [-0.25, -0.2) is 0 Å². The Kier molecular flexibility index (Phi) is 1.95. The van der Waals surface area contributed by atoms with Gasteiger partial charge in [0.05, 0.1) is 0 Å². The van der Waals surface area contributed by atoms with Crippen molar-refractivity contribution >= 4 is 10.8 Å². The normalized spacial score (nSPS) is 10.8. The lowest BCUT2D eigenvalue weighted by Crippen LogP contribution is -1.84. The van der Waals surface area contributed by atoms with E-state index in [1.165, 1.54) is 11.1 Å². The summed E-state index contributed by atoms with van der Waals surface area (Å²) in [6.45, 7) is 6.12. The van der Waals surface area contributed by atoms with Crippen molar-refractivity contribution in [3.63, 3.8) is 0 Å². The first-order valence-electron chi connectivity index (χ1n) is 4.78. The molecule has 0 bridgehead atoms.